The molecule has 25 heavy (non-hydrogen) atoms. The lowest BCUT2D eigenvalue weighted by atomic mass is 9.90. The molecule has 0 aliphatic heterocycles. The van der Waals surface area contributed by atoms with Crippen LogP contribution in [0.1, 0.15) is 38.3 Å². The standard InChI is InChI=1S/C20H32N2O2S/c1-13(2)19(23)18(22)12-16-7-5-6-15(11-16)10-14(3)20(24)17(21)8-9-25-4/h5-7,11,13-14,17-18H,8-10,12,21-22H2,1-4H3/t14?,17-,18-/m0/s1. The second kappa shape index (κ2) is 10.7. The average molecular weight is 365 g/mol. The summed E-state index contributed by atoms with van der Waals surface area (Å²) in [6.07, 6.45) is 3.92. The normalized spacial score (nSPS) is 15.0. The molecular weight excluding hydrogens is 332 g/mol. The summed E-state index contributed by atoms with van der Waals surface area (Å²) in [6, 6.07) is 7.13. The third kappa shape index (κ3) is 7.30. The van der Waals surface area contributed by atoms with Crippen molar-refractivity contribution >= 4 is 23.3 Å². The monoisotopic (exact) mass is 364 g/mol. The van der Waals surface area contributed by atoms with Crippen LogP contribution in [0.2, 0.25) is 0 Å². The molecule has 3 atom stereocenters. The van der Waals surface area contributed by atoms with E-state index in [9.17, 15) is 9.59 Å². The van der Waals surface area contributed by atoms with E-state index in [1.807, 2.05) is 51.3 Å². The van der Waals surface area contributed by atoms with E-state index in [0.29, 0.717) is 12.8 Å². The first-order chi connectivity index (χ1) is 11.8. The zero-order chi connectivity index (χ0) is 19.0. The molecule has 1 aromatic rings. The van der Waals surface area contributed by atoms with Gasteiger partial charge in [-0.3, -0.25) is 9.59 Å². The Morgan fingerprint density at radius 2 is 1.60 bits per heavy atom. The average Bonchev–Trinajstić information content (AvgIpc) is 2.58. The molecule has 0 saturated carbocycles. The van der Waals surface area contributed by atoms with E-state index >= 15 is 0 Å². The third-order valence-corrected chi connectivity index (χ3v) is 5.05. The quantitative estimate of drug-likeness (QED) is 0.630. The van der Waals surface area contributed by atoms with Gasteiger partial charge in [0.25, 0.3) is 0 Å². The van der Waals surface area contributed by atoms with Crippen molar-refractivity contribution in [2.45, 2.75) is 52.1 Å². The van der Waals surface area contributed by atoms with Gasteiger partial charge in [0, 0.05) is 11.8 Å². The van der Waals surface area contributed by atoms with Crippen molar-refractivity contribution in [3.05, 3.63) is 35.4 Å². The summed E-state index contributed by atoms with van der Waals surface area (Å²) in [5, 5.41) is 0. The molecule has 0 fully saturated rings. The van der Waals surface area contributed by atoms with Crippen LogP contribution in [0.5, 0.6) is 0 Å². The van der Waals surface area contributed by atoms with Crippen molar-refractivity contribution in [1.29, 1.82) is 0 Å². The zero-order valence-corrected chi connectivity index (χ0v) is 16.6. The molecule has 0 aliphatic carbocycles. The van der Waals surface area contributed by atoms with E-state index in [-0.39, 0.29) is 29.4 Å². The summed E-state index contributed by atoms with van der Waals surface area (Å²) < 4.78 is 0. The molecule has 140 valence electrons. The van der Waals surface area contributed by atoms with Crippen LogP contribution < -0.4 is 11.5 Å². The van der Waals surface area contributed by atoms with Gasteiger partial charge in [0.15, 0.2) is 11.6 Å². The molecule has 0 heterocycles. The molecule has 1 unspecified atom stereocenters. The summed E-state index contributed by atoms with van der Waals surface area (Å²) in [7, 11) is 0. The van der Waals surface area contributed by atoms with Crippen LogP contribution in [0.3, 0.4) is 0 Å². The Balaban J connectivity index is 2.68. The van der Waals surface area contributed by atoms with Crippen LogP contribution in [0, 0.1) is 11.8 Å². The van der Waals surface area contributed by atoms with Crippen LogP contribution in [-0.4, -0.2) is 35.7 Å². The minimum Gasteiger partial charge on any atom is -0.321 e. The van der Waals surface area contributed by atoms with Gasteiger partial charge in [0.2, 0.25) is 0 Å². The second-order valence-corrected chi connectivity index (χ2v) is 8.07. The van der Waals surface area contributed by atoms with Crippen LogP contribution in [0.25, 0.3) is 0 Å². The number of benzene rings is 1. The number of thioether (sulfide) groups is 1. The molecule has 4 N–H and O–H groups in total. The van der Waals surface area contributed by atoms with Gasteiger partial charge in [0.1, 0.15) is 0 Å². The van der Waals surface area contributed by atoms with E-state index < -0.39 is 6.04 Å². The highest BCUT2D eigenvalue weighted by Crippen LogP contribution is 2.15. The van der Waals surface area contributed by atoms with Crippen molar-refractivity contribution in [2.75, 3.05) is 12.0 Å². The lowest BCUT2D eigenvalue weighted by molar-refractivity contribution is -0.124. The highest BCUT2D eigenvalue weighted by atomic mass is 32.2. The van der Waals surface area contributed by atoms with Gasteiger partial charge in [-0.15, -0.1) is 0 Å². The number of carbonyl (C=O) groups is 2. The number of hydrogen-bond acceptors (Lipinski definition) is 5. The van der Waals surface area contributed by atoms with E-state index in [2.05, 4.69) is 0 Å². The summed E-state index contributed by atoms with van der Waals surface area (Å²) in [5.74, 6) is 0.924. The smallest absolute Gasteiger partial charge is 0.152 e. The fourth-order valence-electron chi connectivity index (χ4n) is 2.87. The van der Waals surface area contributed by atoms with Crippen molar-refractivity contribution in [1.82, 2.24) is 0 Å². The molecule has 0 saturated heterocycles. The van der Waals surface area contributed by atoms with Crippen LogP contribution in [-0.2, 0) is 22.4 Å². The van der Waals surface area contributed by atoms with Gasteiger partial charge in [-0.1, -0.05) is 45.0 Å². The van der Waals surface area contributed by atoms with Gasteiger partial charge >= 0.3 is 0 Å². The van der Waals surface area contributed by atoms with Gasteiger partial charge in [0.05, 0.1) is 12.1 Å². The lowest BCUT2D eigenvalue weighted by Gasteiger charge is -2.17. The number of rotatable bonds is 11. The van der Waals surface area contributed by atoms with E-state index in [4.69, 9.17) is 11.5 Å². The number of carbonyl (C=O) groups excluding carboxylic acids is 2. The third-order valence-electron chi connectivity index (χ3n) is 4.41. The van der Waals surface area contributed by atoms with Crippen LogP contribution in [0.4, 0.5) is 0 Å². The van der Waals surface area contributed by atoms with Crippen molar-refractivity contribution in [2.24, 2.45) is 23.3 Å². The summed E-state index contributed by atoms with van der Waals surface area (Å²) >= 11 is 1.70. The predicted molar refractivity (Wildman–Crippen MR) is 107 cm³/mol. The lowest BCUT2D eigenvalue weighted by Crippen LogP contribution is -2.36. The predicted octanol–water partition coefficient (Wildman–Crippen LogP) is 2.61. The van der Waals surface area contributed by atoms with E-state index in [1.54, 1.807) is 11.8 Å². The molecule has 5 heteroatoms. The van der Waals surface area contributed by atoms with Gasteiger partial charge in [-0.2, -0.15) is 11.8 Å². The fourth-order valence-corrected chi connectivity index (χ4v) is 3.36. The Morgan fingerprint density at radius 3 is 2.16 bits per heavy atom. The summed E-state index contributed by atoms with van der Waals surface area (Å²) in [6.45, 7) is 5.67. The molecule has 4 nitrogen and oxygen atoms in total. The first-order valence-electron chi connectivity index (χ1n) is 8.91. The molecule has 0 spiro atoms. The Labute approximate surface area is 156 Å². The number of Topliss-reactive ketones (excluding diaryl/α,β-unsaturated/α-hetero) is 2. The Hall–Kier alpha value is -1.17. The highest BCUT2D eigenvalue weighted by molar-refractivity contribution is 7.98. The molecular formula is C20H32N2O2S. The molecule has 1 aromatic carbocycles. The van der Waals surface area contributed by atoms with Crippen LogP contribution in [0.15, 0.2) is 24.3 Å². The van der Waals surface area contributed by atoms with Crippen molar-refractivity contribution < 1.29 is 9.59 Å². The summed E-state index contributed by atoms with van der Waals surface area (Å²) in [5.41, 5.74) is 14.1. The molecule has 1 rings (SSSR count). The molecule has 0 aromatic heterocycles. The van der Waals surface area contributed by atoms with Crippen molar-refractivity contribution in [3.8, 4) is 0 Å². The minimum absolute atomic E-state index is 0.0569. The molecule has 0 amide bonds. The van der Waals surface area contributed by atoms with E-state index in [0.717, 1.165) is 23.3 Å². The zero-order valence-electron chi connectivity index (χ0n) is 15.8. The van der Waals surface area contributed by atoms with Gasteiger partial charge in [-0.25, -0.2) is 0 Å². The van der Waals surface area contributed by atoms with Crippen LogP contribution >= 0.6 is 11.8 Å². The minimum atomic E-state index is -0.478. The molecule has 0 radical (unpaired) electrons. The fraction of sp³-hybridized carbons (Fsp3) is 0.600. The Bertz CT molecular complexity index is 575. The molecule has 0 aliphatic rings. The SMILES string of the molecule is CSCC[C@H](N)C(=O)C(C)Cc1cccc(C[C@H](N)C(=O)C(C)C)c1. The highest BCUT2D eigenvalue weighted by Gasteiger charge is 2.21. The van der Waals surface area contributed by atoms with Crippen molar-refractivity contribution in [3.63, 3.8) is 0 Å². The first kappa shape index (κ1) is 21.9. The maximum Gasteiger partial charge on any atom is 0.152 e. The first-order valence-corrected chi connectivity index (χ1v) is 10.3. The second-order valence-electron chi connectivity index (χ2n) is 7.08. The molecule has 0 bridgehead atoms. The number of nitrogens with two attached hydrogens (primary N) is 2. The van der Waals surface area contributed by atoms with Gasteiger partial charge < -0.3 is 11.5 Å². The maximum atomic E-state index is 12.4. The van der Waals surface area contributed by atoms with E-state index in [1.165, 1.54) is 0 Å². The number of ketones is 2. The topological polar surface area (TPSA) is 86.2 Å². The van der Waals surface area contributed by atoms with Gasteiger partial charge in [-0.05, 0) is 42.4 Å². The Morgan fingerprint density at radius 1 is 1.00 bits per heavy atom. The largest absolute Gasteiger partial charge is 0.321 e. The number of hydrogen-bond donors (Lipinski definition) is 2. The maximum absolute atomic E-state index is 12.4. The Kier molecular flexibility index (Phi) is 9.39. The summed E-state index contributed by atoms with van der Waals surface area (Å²) in [4.78, 5) is 24.4.